The molecule has 3 rings (SSSR count). The summed E-state index contributed by atoms with van der Waals surface area (Å²) >= 11 is 1.92. The number of aromatic amines is 1. The Morgan fingerprint density at radius 2 is 2.37 bits per heavy atom. The lowest BCUT2D eigenvalue weighted by atomic mass is 9.84. The van der Waals surface area contributed by atoms with Crippen LogP contribution in [0.2, 0.25) is 0 Å². The fourth-order valence-corrected chi connectivity index (χ4v) is 3.38. The van der Waals surface area contributed by atoms with Crippen molar-refractivity contribution in [1.29, 1.82) is 0 Å². The van der Waals surface area contributed by atoms with Crippen molar-refractivity contribution in [1.82, 2.24) is 19.6 Å². The molecule has 2 aromatic heterocycles. The fourth-order valence-electron chi connectivity index (χ4n) is 2.46. The molecule has 19 heavy (non-hydrogen) atoms. The number of aromatic nitrogens is 4. The first-order valence-electron chi connectivity index (χ1n) is 6.37. The van der Waals surface area contributed by atoms with Crippen LogP contribution in [0.3, 0.4) is 0 Å². The van der Waals surface area contributed by atoms with Gasteiger partial charge >= 0.3 is 5.69 Å². The van der Waals surface area contributed by atoms with E-state index in [2.05, 4.69) is 26.8 Å². The molecule has 0 aromatic carbocycles. The van der Waals surface area contributed by atoms with Gasteiger partial charge in [-0.3, -0.25) is 0 Å². The molecule has 2 heterocycles. The first-order valence-corrected chi connectivity index (χ1v) is 7.60. The van der Waals surface area contributed by atoms with Crippen molar-refractivity contribution in [3.63, 3.8) is 0 Å². The first-order chi connectivity index (χ1) is 9.13. The lowest BCUT2D eigenvalue weighted by Crippen LogP contribution is -2.40. The van der Waals surface area contributed by atoms with Gasteiger partial charge in [-0.15, -0.1) is 0 Å². The van der Waals surface area contributed by atoms with Crippen LogP contribution in [-0.4, -0.2) is 37.1 Å². The van der Waals surface area contributed by atoms with Gasteiger partial charge in [-0.05, 0) is 26.0 Å². The van der Waals surface area contributed by atoms with Crippen molar-refractivity contribution in [3.05, 3.63) is 22.4 Å². The number of fused-ring (bicyclic) bond motifs is 1. The fraction of sp³-hybridized carbons (Fsp3) is 0.583. The second kappa shape index (κ2) is 4.56. The third-order valence-corrected chi connectivity index (χ3v) is 5.28. The van der Waals surface area contributed by atoms with E-state index in [0.717, 1.165) is 12.4 Å². The zero-order chi connectivity index (χ0) is 13.5. The Balaban J connectivity index is 1.83. The van der Waals surface area contributed by atoms with Crippen molar-refractivity contribution < 1.29 is 0 Å². The summed E-state index contributed by atoms with van der Waals surface area (Å²) in [6.45, 7) is 2.72. The monoisotopic (exact) mass is 279 g/mol. The lowest BCUT2D eigenvalue weighted by Gasteiger charge is -2.40. The molecule has 0 amide bonds. The highest BCUT2D eigenvalue weighted by molar-refractivity contribution is 8.00. The van der Waals surface area contributed by atoms with Crippen molar-refractivity contribution >= 4 is 23.2 Å². The number of rotatable bonds is 4. The summed E-state index contributed by atoms with van der Waals surface area (Å²) in [7, 11) is 0. The molecule has 1 fully saturated rings. The van der Waals surface area contributed by atoms with Crippen LogP contribution >= 0.6 is 11.8 Å². The van der Waals surface area contributed by atoms with Crippen LogP contribution in [0, 0.1) is 6.92 Å². The van der Waals surface area contributed by atoms with E-state index in [4.69, 9.17) is 0 Å². The summed E-state index contributed by atoms with van der Waals surface area (Å²) in [5.74, 6) is 1.43. The van der Waals surface area contributed by atoms with Crippen LogP contribution in [-0.2, 0) is 0 Å². The summed E-state index contributed by atoms with van der Waals surface area (Å²) in [5.41, 5.74) is 0.359. The Labute approximate surface area is 115 Å². The number of thioether (sulfide) groups is 1. The average Bonchev–Trinajstić information content (AvgIpc) is 2.71. The van der Waals surface area contributed by atoms with Crippen molar-refractivity contribution in [2.45, 2.75) is 30.9 Å². The van der Waals surface area contributed by atoms with Gasteiger partial charge in [-0.2, -0.15) is 16.9 Å². The van der Waals surface area contributed by atoms with Gasteiger partial charge in [0.05, 0.1) is 0 Å². The molecule has 2 aromatic rings. The smallest absolute Gasteiger partial charge is 0.349 e. The summed E-state index contributed by atoms with van der Waals surface area (Å²) in [4.78, 5) is 15.9. The third kappa shape index (κ3) is 2.11. The first kappa shape index (κ1) is 12.5. The zero-order valence-corrected chi connectivity index (χ0v) is 11.9. The molecule has 102 valence electrons. The van der Waals surface area contributed by atoms with Crippen molar-refractivity contribution in [3.8, 4) is 0 Å². The van der Waals surface area contributed by atoms with Crippen LogP contribution in [0.1, 0.15) is 25.1 Å². The minimum Gasteiger partial charge on any atom is -0.369 e. The van der Waals surface area contributed by atoms with Crippen LogP contribution < -0.4 is 11.0 Å². The molecule has 0 spiro atoms. The van der Waals surface area contributed by atoms with Crippen LogP contribution in [0.15, 0.2) is 10.9 Å². The van der Waals surface area contributed by atoms with Gasteiger partial charge in [0.15, 0.2) is 5.65 Å². The molecule has 0 saturated heterocycles. The van der Waals surface area contributed by atoms with Crippen molar-refractivity contribution in [2.24, 2.45) is 0 Å². The molecule has 1 saturated carbocycles. The second-order valence-corrected chi connectivity index (χ2v) is 6.28. The number of nitrogens with zero attached hydrogens (tertiary/aromatic N) is 3. The second-order valence-electron chi connectivity index (χ2n) is 5.01. The van der Waals surface area contributed by atoms with Gasteiger partial charge in [0.1, 0.15) is 11.6 Å². The SMILES string of the molecule is CSC1(CNc2cc3n[nH]c(=O)n3c(C)n2)CCC1. The molecule has 0 bridgehead atoms. The Morgan fingerprint density at radius 3 is 3.00 bits per heavy atom. The summed E-state index contributed by atoms with van der Waals surface area (Å²) < 4.78 is 1.83. The normalized spacial score (nSPS) is 17.4. The molecule has 0 aliphatic heterocycles. The number of aryl methyl sites for hydroxylation is 1. The van der Waals surface area contributed by atoms with Gasteiger partial charge in [-0.25, -0.2) is 19.3 Å². The van der Waals surface area contributed by atoms with Crippen LogP contribution in [0.25, 0.3) is 5.65 Å². The number of anilines is 1. The van der Waals surface area contributed by atoms with E-state index in [0.29, 0.717) is 16.2 Å². The molecule has 1 aliphatic rings. The maximum atomic E-state index is 11.5. The molecule has 7 heteroatoms. The molecular formula is C12H17N5OS. The lowest BCUT2D eigenvalue weighted by molar-refractivity contribution is 0.379. The molecular weight excluding hydrogens is 262 g/mol. The largest absolute Gasteiger partial charge is 0.369 e. The minimum atomic E-state index is -0.244. The minimum absolute atomic E-state index is 0.244. The Kier molecular flexibility index (Phi) is 3.00. The molecule has 2 N–H and O–H groups in total. The van der Waals surface area contributed by atoms with Gasteiger partial charge in [-0.1, -0.05) is 6.42 Å². The maximum Gasteiger partial charge on any atom is 0.349 e. The highest BCUT2D eigenvalue weighted by Gasteiger charge is 2.35. The van der Waals surface area contributed by atoms with E-state index in [1.54, 1.807) is 6.07 Å². The summed E-state index contributed by atoms with van der Waals surface area (Å²) in [6.07, 6.45) is 5.98. The predicted molar refractivity (Wildman–Crippen MR) is 76.9 cm³/mol. The van der Waals surface area contributed by atoms with Crippen LogP contribution in [0.4, 0.5) is 5.82 Å². The van der Waals surface area contributed by atoms with Gasteiger partial charge in [0, 0.05) is 17.4 Å². The van der Waals surface area contributed by atoms with Gasteiger partial charge in [0.25, 0.3) is 0 Å². The quantitative estimate of drug-likeness (QED) is 0.885. The van der Waals surface area contributed by atoms with Crippen molar-refractivity contribution in [2.75, 3.05) is 18.1 Å². The van der Waals surface area contributed by atoms with E-state index in [9.17, 15) is 4.79 Å². The van der Waals surface area contributed by atoms with E-state index in [1.807, 2.05) is 18.7 Å². The highest BCUT2D eigenvalue weighted by Crippen LogP contribution is 2.42. The summed E-state index contributed by atoms with van der Waals surface area (Å²) in [5, 5.41) is 9.79. The van der Waals surface area contributed by atoms with Crippen LogP contribution in [0.5, 0.6) is 0 Å². The average molecular weight is 279 g/mol. The van der Waals surface area contributed by atoms with E-state index in [1.165, 1.54) is 23.7 Å². The van der Waals surface area contributed by atoms with Gasteiger partial charge in [0.2, 0.25) is 0 Å². The molecule has 0 unspecified atom stereocenters. The highest BCUT2D eigenvalue weighted by atomic mass is 32.2. The maximum absolute atomic E-state index is 11.5. The predicted octanol–water partition coefficient (Wildman–Crippen LogP) is 1.42. The number of hydrogen-bond donors (Lipinski definition) is 2. The Bertz CT molecular complexity index is 652. The summed E-state index contributed by atoms with van der Waals surface area (Å²) in [6, 6.07) is 1.80. The van der Waals surface area contributed by atoms with E-state index < -0.39 is 0 Å². The molecule has 1 aliphatic carbocycles. The van der Waals surface area contributed by atoms with E-state index >= 15 is 0 Å². The third-order valence-electron chi connectivity index (χ3n) is 3.86. The number of nitrogens with one attached hydrogen (secondary N) is 2. The molecule has 0 radical (unpaired) electrons. The Hall–Kier alpha value is -1.50. The molecule has 6 nitrogen and oxygen atoms in total. The van der Waals surface area contributed by atoms with Gasteiger partial charge < -0.3 is 5.32 Å². The van der Waals surface area contributed by atoms with E-state index in [-0.39, 0.29) is 5.69 Å². The zero-order valence-electron chi connectivity index (χ0n) is 11.1. The Morgan fingerprint density at radius 1 is 1.58 bits per heavy atom. The number of H-pyrrole nitrogens is 1. The standard InChI is InChI=1S/C12H17N5OS/c1-8-14-9(6-10-15-16-11(18)17(8)10)13-7-12(19-2)4-3-5-12/h6,13H,3-5,7H2,1-2H3,(H,16,18). The number of hydrogen-bond acceptors (Lipinski definition) is 5. The topological polar surface area (TPSA) is 75.1 Å². The molecule has 0 atom stereocenters.